The molecule has 104 valence electrons. The summed E-state index contributed by atoms with van der Waals surface area (Å²) in [6.45, 7) is 4.03. The number of rotatable bonds is 6. The molecule has 2 N–H and O–H groups in total. The van der Waals surface area contributed by atoms with E-state index >= 15 is 0 Å². The number of carbonyl (C=O) groups excluding carboxylic acids is 1. The fourth-order valence-electron chi connectivity index (χ4n) is 1.91. The van der Waals surface area contributed by atoms with E-state index in [4.69, 9.17) is 0 Å². The molecule has 3 nitrogen and oxygen atoms in total. The first-order valence-corrected chi connectivity index (χ1v) is 6.95. The van der Waals surface area contributed by atoms with Gasteiger partial charge >= 0.3 is 0 Å². The van der Waals surface area contributed by atoms with E-state index in [2.05, 4.69) is 17.6 Å². The van der Waals surface area contributed by atoms with Crippen LogP contribution in [-0.2, 0) is 6.54 Å². The standard InChI is InChI=1S/C17H20N2O/c1-2-12-18-13-14-8-10-16(11-9-14)19-17(20)15-6-4-3-5-7-15/h3-11,18H,2,12-13H2,1H3,(H,19,20). The molecular weight excluding hydrogens is 248 g/mol. The van der Waals surface area contributed by atoms with E-state index in [1.807, 2.05) is 42.5 Å². The molecule has 2 aromatic carbocycles. The maximum absolute atomic E-state index is 12.0. The van der Waals surface area contributed by atoms with Crippen molar-refractivity contribution in [1.82, 2.24) is 5.32 Å². The molecular formula is C17H20N2O. The second-order valence-corrected chi connectivity index (χ2v) is 4.69. The summed E-state index contributed by atoms with van der Waals surface area (Å²) in [5, 5.41) is 6.24. The summed E-state index contributed by atoms with van der Waals surface area (Å²) in [5.41, 5.74) is 2.70. The van der Waals surface area contributed by atoms with Crippen LogP contribution in [0.5, 0.6) is 0 Å². The van der Waals surface area contributed by atoms with Crippen molar-refractivity contribution in [2.24, 2.45) is 0 Å². The summed E-state index contributed by atoms with van der Waals surface area (Å²) in [4.78, 5) is 12.0. The van der Waals surface area contributed by atoms with Crippen molar-refractivity contribution in [2.75, 3.05) is 11.9 Å². The Bertz CT molecular complexity index is 535. The lowest BCUT2D eigenvalue weighted by Crippen LogP contribution is -2.14. The fourth-order valence-corrected chi connectivity index (χ4v) is 1.91. The molecule has 0 aliphatic carbocycles. The van der Waals surface area contributed by atoms with E-state index in [1.54, 1.807) is 12.1 Å². The first-order chi connectivity index (χ1) is 9.79. The molecule has 0 heterocycles. The Morgan fingerprint density at radius 2 is 1.70 bits per heavy atom. The summed E-state index contributed by atoms with van der Waals surface area (Å²) in [6.07, 6.45) is 1.13. The van der Waals surface area contributed by atoms with Gasteiger partial charge in [-0.25, -0.2) is 0 Å². The molecule has 3 heteroatoms. The lowest BCUT2D eigenvalue weighted by atomic mass is 10.2. The van der Waals surface area contributed by atoms with Crippen molar-refractivity contribution in [3.63, 3.8) is 0 Å². The molecule has 0 fully saturated rings. The van der Waals surface area contributed by atoms with Crippen LogP contribution in [0.3, 0.4) is 0 Å². The van der Waals surface area contributed by atoms with Crippen LogP contribution < -0.4 is 10.6 Å². The quantitative estimate of drug-likeness (QED) is 0.788. The van der Waals surface area contributed by atoms with Gasteiger partial charge in [0.05, 0.1) is 0 Å². The van der Waals surface area contributed by atoms with Crippen LogP contribution in [0.4, 0.5) is 5.69 Å². The Morgan fingerprint density at radius 1 is 1.00 bits per heavy atom. The Morgan fingerprint density at radius 3 is 2.35 bits per heavy atom. The third-order valence-electron chi connectivity index (χ3n) is 3.00. The topological polar surface area (TPSA) is 41.1 Å². The van der Waals surface area contributed by atoms with Gasteiger partial charge in [-0.3, -0.25) is 4.79 Å². The third kappa shape index (κ3) is 4.21. The zero-order valence-electron chi connectivity index (χ0n) is 11.7. The van der Waals surface area contributed by atoms with Gasteiger partial charge < -0.3 is 10.6 Å². The summed E-state index contributed by atoms with van der Waals surface area (Å²) in [5.74, 6) is -0.0811. The molecule has 2 rings (SSSR count). The van der Waals surface area contributed by atoms with Crippen molar-refractivity contribution >= 4 is 11.6 Å². The van der Waals surface area contributed by atoms with Gasteiger partial charge in [-0.15, -0.1) is 0 Å². The average molecular weight is 268 g/mol. The number of hydrogen-bond donors (Lipinski definition) is 2. The summed E-state index contributed by atoms with van der Waals surface area (Å²) < 4.78 is 0. The summed E-state index contributed by atoms with van der Waals surface area (Å²) >= 11 is 0. The molecule has 0 atom stereocenters. The first-order valence-electron chi connectivity index (χ1n) is 6.95. The number of benzene rings is 2. The highest BCUT2D eigenvalue weighted by Gasteiger charge is 2.04. The molecule has 0 aliphatic heterocycles. The fraction of sp³-hybridized carbons (Fsp3) is 0.235. The van der Waals surface area contributed by atoms with Gasteiger partial charge in [0.25, 0.3) is 5.91 Å². The monoisotopic (exact) mass is 268 g/mol. The maximum Gasteiger partial charge on any atom is 0.255 e. The molecule has 20 heavy (non-hydrogen) atoms. The minimum Gasteiger partial charge on any atom is -0.322 e. The highest BCUT2D eigenvalue weighted by molar-refractivity contribution is 6.04. The molecule has 2 aromatic rings. The lowest BCUT2D eigenvalue weighted by molar-refractivity contribution is 0.102. The van der Waals surface area contributed by atoms with E-state index in [9.17, 15) is 4.79 Å². The number of carbonyl (C=O) groups is 1. The Hall–Kier alpha value is -2.13. The van der Waals surface area contributed by atoms with E-state index < -0.39 is 0 Å². The normalized spacial score (nSPS) is 10.2. The van der Waals surface area contributed by atoms with Crippen molar-refractivity contribution < 1.29 is 4.79 Å². The van der Waals surface area contributed by atoms with Crippen LogP contribution in [-0.4, -0.2) is 12.5 Å². The highest BCUT2D eigenvalue weighted by atomic mass is 16.1. The highest BCUT2D eigenvalue weighted by Crippen LogP contribution is 2.11. The van der Waals surface area contributed by atoms with Crippen LogP contribution in [0.1, 0.15) is 29.3 Å². The second kappa shape index (κ2) is 7.46. The number of anilines is 1. The number of amides is 1. The van der Waals surface area contributed by atoms with E-state index in [-0.39, 0.29) is 5.91 Å². The molecule has 0 unspecified atom stereocenters. The minimum atomic E-state index is -0.0811. The van der Waals surface area contributed by atoms with Gasteiger partial charge in [-0.1, -0.05) is 37.3 Å². The summed E-state index contributed by atoms with van der Waals surface area (Å²) in [6, 6.07) is 17.2. The summed E-state index contributed by atoms with van der Waals surface area (Å²) in [7, 11) is 0. The molecule has 0 bridgehead atoms. The van der Waals surface area contributed by atoms with Crippen LogP contribution in [0.25, 0.3) is 0 Å². The molecule has 0 saturated heterocycles. The average Bonchev–Trinajstić information content (AvgIpc) is 2.50. The Balaban J connectivity index is 1.92. The predicted octanol–water partition coefficient (Wildman–Crippen LogP) is 3.44. The molecule has 0 radical (unpaired) electrons. The van der Waals surface area contributed by atoms with E-state index in [0.717, 1.165) is 25.2 Å². The predicted molar refractivity (Wildman–Crippen MR) is 82.8 cm³/mol. The van der Waals surface area contributed by atoms with Crippen molar-refractivity contribution in [3.8, 4) is 0 Å². The van der Waals surface area contributed by atoms with E-state index in [1.165, 1.54) is 5.56 Å². The Labute approximate surface area is 120 Å². The van der Waals surface area contributed by atoms with Crippen molar-refractivity contribution in [2.45, 2.75) is 19.9 Å². The molecule has 0 aromatic heterocycles. The second-order valence-electron chi connectivity index (χ2n) is 4.69. The number of nitrogens with one attached hydrogen (secondary N) is 2. The molecule has 1 amide bonds. The van der Waals surface area contributed by atoms with Crippen molar-refractivity contribution in [3.05, 3.63) is 65.7 Å². The lowest BCUT2D eigenvalue weighted by Gasteiger charge is -2.07. The zero-order chi connectivity index (χ0) is 14.2. The smallest absolute Gasteiger partial charge is 0.255 e. The van der Waals surface area contributed by atoms with E-state index in [0.29, 0.717) is 5.56 Å². The number of hydrogen-bond acceptors (Lipinski definition) is 2. The van der Waals surface area contributed by atoms with Gasteiger partial charge in [0.2, 0.25) is 0 Å². The van der Waals surface area contributed by atoms with Crippen LogP contribution in [0, 0.1) is 0 Å². The first kappa shape index (κ1) is 14.3. The molecule has 0 aliphatic rings. The van der Waals surface area contributed by atoms with Crippen LogP contribution >= 0.6 is 0 Å². The zero-order valence-corrected chi connectivity index (χ0v) is 11.7. The van der Waals surface area contributed by atoms with Gasteiger partial charge in [-0.2, -0.15) is 0 Å². The minimum absolute atomic E-state index is 0.0811. The van der Waals surface area contributed by atoms with Gasteiger partial charge in [0, 0.05) is 17.8 Å². The van der Waals surface area contributed by atoms with Gasteiger partial charge in [-0.05, 0) is 42.8 Å². The SMILES string of the molecule is CCCNCc1ccc(NC(=O)c2ccccc2)cc1. The van der Waals surface area contributed by atoms with Crippen molar-refractivity contribution in [1.29, 1.82) is 0 Å². The van der Waals surface area contributed by atoms with Gasteiger partial charge in [0.1, 0.15) is 0 Å². The van der Waals surface area contributed by atoms with Crippen LogP contribution in [0.2, 0.25) is 0 Å². The van der Waals surface area contributed by atoms with Crippen LogP contribution in [0.15, 0.2) is 54.6 Å². The third-order valence-corrected chi connectivity index (χ3v) is 3.00. The maximum atomic E-state index is 12.0. The Kier molecular flexibility index (Phi) is 5.33. The molecule has 0 spiro atoms. The van der Waals surface area contributed by atoms with Gasteiger partial charge in [0.15, 0.2) is 0 Å². The molecule has 0 saturated carbocycles. The largest absolute Gasteiger partial charge is 0.322 e.